The number of esters is 2. The van der Waals surface area contributed by atoms with E-state index >= 15 is 0 Å². The monoisotopic (exact) mass is 921 g/mol. The number of Topliss-reactive ketones (excluding diaryl/α,β-unsaturated/α-hetero) is 1. The lowest BCUT2D eigenvalue weighted by Crippen LogP contribution is -2.65. The number of carbonyl (C=O) groups is 5. The van der Waals surface area contributed by atoms with Crippen LogP contribution in [0.3, 0.4) is 0 Å². The number of ether oxygens (including phenoxy) is 2. The number of rotatable bonds is 8. The zero-order valence-corrected chi connectivity index (χ0v) is 41.4. The number of carbonyl (C=O) groups excluding carboxylic acids is 4. The van der Waals surface area contributed by atoms with E-state index in [2.05, 4.69) is 34.6 Å². The van der Waals surface area contributed by atoms with E-state index in [0.717, 1.165) is 68.1 Å². The van der Waals surface area contributed by atoms with Crippen LogP contribution in [0.15, 0.2) is 34.4 Å². The molecule has 8 rings (SSSR count). The molecule has 5 N–H and O–H groups in total. The number of carboxylic acid groups (broad SMARTS) is 1. The molecule has 0 aromatic carbocycles. The van der Waals surface area contributed by atoms with Crippen LogP contribution >= 0.6 is 0 Å². The van der Waals surface area contributed by atoms with Crippen LogP contribution in [-0.2, 0) is 33.4 Å². The summed E-state index contributed by atoms with van der Waals surface area (Å²) in [6, 6.07) is 0. The Morgan fingerprint density at radius 2 is 1.47 bits per heavy atom. The van der Waals surface area contributed by atoms with Crippen LogP contribution in [0.2, 0.25) is 0 Å². The van der Waals surface area contributed by atoms with Crippen LogP contribution in [0.5, 0.6) is 0 Å². The first-order valence-corrected chi connectivity index (χ1v) is 25.1. The lowest BCUT2D eigenvalue weighted by Gasteiger charge is -2.69. The first-order chi connectivity index (χ1) is 30.7. The number of allylic oxidation sites excluding steroid dienone is 3. The molecule has 12 heteroatoms. The van der Waals surface area contributed by atoms with Gasteiger partial charge in [-0.15, -0.1) is 0 Å². The van der Waals surface area contributed by atoms with Crippen molar-refractivity contribution in [1.29, 1.82) is 0 Å². The molecule has 0 spiro atoms. The number of aliphatic hydroxyl groups excluding tert-OH is 3. The number of carboxylic acids is 1. The highest BCUT2D eigenvalue weighted by atomic mass is 16.5. The maximum Gasteiger partial charge on any atom is 0.331 e. The molecule has 17 atom stereocenters. The van der Waals surface area contributed by atoms with Gasteiger partial charge in [-0.25, -0.2) is 4.79 Å². The highest BCUT2D eigenvalue weighted by Crippen LogP contribution is 2.75. The summed E-state index contributed by atoms with van der Waals surface area (Å²) in [6.07, 6.45) is 11.8. The summed E-state index contributed by atoms with van der Waals surface area (Å²) < 4.78 is 10.8. The van der Waals surface area contributed by atoms with Gasteiger partial charge >= 0.3 is 17.9 Å². The number of fused-ring (bicyclic) bond motifs is 10. The Hall–Kier alpha value is -3.19. The summed E-state index contributed by atoms with van der Waals surface area (Å²) >= 11 is 0. The average Bonchev–Trinajstić information content (AvgIpc) is 3.65. The Morgan fingerprint density at radius 3 is 2.11 bits per heavy atom. The normalized spacial score (nSPS) is 46.2. The topological polar surface area (TPSA) is 205 Å². The molecule has 8 aliphatic carbocycles. The van der Waals surface area contributed by atoms with Crippen molar-refractivity contribution in [3.05, 3.63) is 34.4 Å². The molecular weight excluding hydrogens is 841 g/mol. The van der Waals surface area contributed by atoms with E-state index in [1.165, 1.54) is 13.8 Å². The minimum atomic E-state index is -1.58. The van der Waals surface area contributed by atoms with Gasteiger partial charge in [-0.05, 0) is 178 Å². The Kier molecular flexibility index (Phi) is 13.8. The molecule has 0 aromatic rings. The zero-order valence-electron chi connectivity index (χ0n) is 41.4. The number of hydrogen-bond donors (Lipinski definition) is 5. The Labute approximate surface area is 392 Å². The molecule has 7 saturated carbocycles. The standard InChI is InChI=1S/C31H48O6.C23H32O6/c1-17(2)9-8-10-20(28(35)36)26-22-15-24(34)27-29(5)13-12-23(33)18(3)21(29)11-14-30(27,6)31(22,7)16-25(26)37-19(4)32;1-13(24)29-12-19(27)23(28)9-7-17-16-5-4-14-10-15(25)6-8-21(14,2)20(16)18(26)11-22(17,23)3/h9,18,21-25,27,33-34H,8,10-16H2,1-7H3,(H,35,36);10,16-18,20,26,28H,4-9,11-12H2,1-3H3/t18-,21?,22+,23+,24+,25-,27+,29-,30-,31-;16?,17?,18-,20?,21-,22-,23-/m00/s1. The minimum Gasteiger partial charge on any atom is -0.478 e. The molecule has 368 valence electrons. The van der Waals surface area contributed by atoms with Crippen molar-refractivity contribution in [1.82, 2.24) is 0 Å². The fourth-order valence-electron chi connectivity index (χ4n) is 17.2. The van der Waals surface area contributed by atoms with E-state index < -0.39 is 59.6 Å². The van der Waals surface area contributed by atoms with Gasteiger partial charge in [-0.3, -0.25) is 19.2 Å². The summed E-state index contributed by atoms with van der Waals surface area (Å²) in [4.78, 5) is 60.8. The van der Waals surface area contributed by atoms with E-state index in [1.807, 2.05) is 26.8 Å². The van der Waals surface area contributed by atoms with E-state index in [1.54, 1.807) is 6.08 Å². The largest absolute Gasteiger partial charge is 0.478 e. The highest BCUT2D eigenvalue weighted by Gasteiger charge is 2.72. The Morgan fingerprint density at radius 1 is 0.788 bits per heavy atom. The Balaban J connectivity index is 0.000000202. The zero-order chi connectivity index (χ0) is 48.7. The van der Waals surface area contributed by atoms with Crippen molar-refractivity contribution >= 4 is 29.5 Å². The third kappa shape index (κ3) is 8.01. The van der Waals surface area contributed by atoms with Crippen LogP contribution in [-0.4, -0.2) is 91.6 Å². The van der Waals surface area contributed by atoms with Gasteiger partial charge in [0.15, 0.2) is 12.4 Å². The van der Waals surface area contributed by atoms with Gasteiger partial charge in [0, 0.05) is 31.3 Å². The van der Waals surface area contributed by atoms with Crippen molar-refractivity contribution in [3.8, 4) is 0 Å². The second kappa shape index (κ2) is 18.0. The third-order valence-electron chi connectivity index (χ3n) is 20.5. The predicted molar refractivity (Wildman–Crippen MR) is 247 cm³/mol. The summed E-state index contributed by atoms with van der Waals surface area (Å²) in [5, 5.41) is 55.6. The van der Waals surface area contributed by atoms with Crippen molar-refractivity contribution < 1.29 is 59.0 Å². The maximum absolute atomic E-state index is 12.9. The van der Waals surface area contributed by atoms with Gasteiger partial charge in [0.25, 0.3) is 0 Å². The molecule has 0 saturated heterocycles. The van der Waals surface area contributed by atoms with Gasteiger partial charge in [0.05, 0.1) is 18.3 Å². The fourth-order valence-corrected chi connectivity index (χ4v) is 17.2. The van der Waals surface area contributed by atoms with Gasteiger partial charge in [0.1, 0.15) is 11.7 Å². The molecular formula is C54H80O12. The molecule has 0 radical (unpaired) electrons. The molecule has 0 aromatic heterocycles. The second-order valence-electron chi connectivity index (χ2n) is 23.8. The fraction of sp³-hybridized carbons (Fsp3) is 0.796. The number of ketones is 2. The molecule has 0 bridgehead atoms. The van der Waals surface area contributed by atoms with Crippen molar-refractivity contribution in [2.45, 2.75) is 196 Å². The Bertz CT molecular complexity index is 2070. The molecule has 0 amide bonds. The smallest absolute Gasteiger partial charge is 0.331 e. The van der Waals surface area contributed by atoms with Crippen LogP contribution in [0.25, 0.3) is 0 Å². The van der Waals surface area contributed by atoms with Crippen LogP contribution < -0.4 is 0 Å². The third-order valence-corrected chi connectivity index (χ3v) is 20.5. The molecule has 66 heavy (non-hydrogen) atoms. The molecule has 7 fully saturated rings. The first-order valence-electron chi connectivity index (χ1n) is 25.1. The summed E-state index contributed by atoms with van der Waals surface area (Å²) in [5.74, 6) is -1.37. The van der Waals surface area contributed by atoms with E-state index in [-0.39, 0.29) is 69.1 Å². The van der Waals surface area contributed by atoms with Gasteiger partial charge in [-0.2, -0.15) is 0 Å². The predicted octanol–water partition coefficient (Wildman–Crippen LogP) is 8.02. The molecule has 12 nitrogen and oxygen atoms in total. The molecule has 0 heterocycles. The minimum absolute atomic E-state index is 0.0413. The van der Waals surface area contributed by atoms with Crippen molar-refractivity contribution in [2.75, 3.05) is 6.61 Å². The van der Waals surface area contributed by atoms with Crippen molar-refractivity contribution in [3.63, 3.8) is 0 Å². The van der Waals surface area contributed by atoms with E-state index in [0.29, 0.717) is 56.4 Å². The first kappa shape index (κ1) is 50.7. The lowest BCUT2D eigenvalue weighted by molar-refractivity contribution is -0.234. The summed E-state index contributed by atoms with van der Waals surface area (Å²) in [5.41, 5.74) is 0.211. The second-order valence-corrected chi connectivity index (χ2v) is 23.8. The number of hydrogen-bond acceptors (Lipinski definition) is 11. The average molecular weight is 921 g/mol. The summed E-state index contributed by atoms with van der Waals surface area (Å²) in [6.45, 7) is 19.4. The SMILES string of the molecule is CC(=O)OCC(=O)[C@@]1(O)CCC2C3CCC4=CC(=O)CC[C@]4(C)C3[C@@H](O)C[C@@]21C.CC(=O)O[C@H]1C[C@@]2(C)[C@H](C[C@@H](O)[C@@H]3[C@@]4(C)CC[C@@H](O)[C@@H](C)C4CC[C@@]32C)C1=C(CCC=C(C)C)C(=O)O. The summed E-state index contributed by atoms with van der Waals surface area (Å²) in [7, 11) is 0. The number of aliphatic carboxylic acids is 1. The lowest BCUT2D eigenvalue weighted by atomic mass is 9.36. The van der Waals surface area contributed by atoms with Crippen LogP contribution in [0, 0.1) is 68.5 Å². The van der Waals surface area contributed by atoms with Gasteiger partial charge in [-0.1, -0.05) is 58.8 Å². The van der Waals surface area contributed by atoms with Crippen molar-refractivity contribution in [2.24, 2.45) is 68.5 Å². The molecule has 4 unspecified atom stereocenters. The quantitative estimate of drug-likeness (QED) is 0.0892. The van der Waals surface area contributed by atoms with E-state index in [9.17, 15) is 49.5 Å². The molecule has 0 aliphatic heterocycles. The van der Waals surface area contributed by atoms with Gasteiger partial charge in [0.2, 0.25) is 5.78 Å². The van der Waals surface area contributed by atoms with Gasteiger partial charge < -0.3 is 35.0 Å². The highest BCUT2D eigenvalue weighted by molar-refractivity contribution is 5.92. The van der Waals surface area contributed by atoms with Crippen LogP contribution in [0.4, 0.5) is 0 Å². The number of aliphatic hydroxyl groups is 4. The maximum atomic E-state index is 12.9. The van der Waals surface area contributed by atoms with Crippen LogP contribution in [0.1, 0.15) is 166 Å². The van der Waals surface area contributed by atoms with E-state index in [4.69, 9.17) is 9.47 Å². The molecule has 8 aliphatic rings.